The molecule has 3 heterocycles. The number of aryl methyl sites for hydroxylation is 1. The third kappa shape index (κ3) is 5.55. The Balaban J connectivity index is 1.45. The maximum atomic E-state index is 14.3. The van der Waals surface area contributed by atoms with Gasteiger partial charge in [0.25, 0.3) is 5.91 Å². The van der Waals surface area contributed by atoms with Gasteiger partial charge in [-0.05, 0) is 44.2 Å². The van der Waals surface area contributed by atoms with Crippen LogP contribution in [0, 0.1) is 18.7 Å². The molecule has 0 saturated carbocycles. The van der Waals surface area contributed by atoms with Crippen molar-refractivity contribution in [2.45, 2.75) is 52.4 Å². The lowest BCUT2D eigenvalue weighted by Gasteiger charge is -2.32. The van der Waals surface area contributed by atoms with Crippen LogP contribution in [0.3, 0.4) is 0 Å². The van der Waals surface area contributed by atoms with Gasteiger partial charge in [-0.2, -0.15) is 5.10 Å². The standard InChI is InChI=1S/C25H30ClFN6O/c1-15-12-21(32-31-15)29-20-14-17(28-24(30-20)25(2,3)4)13-16-8-10-33(11-9-16)23(34)18-6-5-7-19(26)22(18)27/h5-7,12,14,16H,8-11,13H2,1-4H3,(H2,28,29,30,31,32). The Kier molecular flexibility index (Phi) is 6.89. The number of nitrogens with one attached hydrogen (secondary N) is 2. The summed E-state index contributed by atoms with van der Waals surface area (Å²) in [6.07, 6.45) is 2.43. The number of amides is 1. The molecule has 1 saturated heterocycles. The summed E-state index contributed by atoms with van der Waals surface area (Å²) < 4.78 is 14.3. The molecule has 2 aromatic heterocycles. The molecule has 9 heteroatoms. The third-order valence-corrected chi connectivity index (χ3v) is 6.29. The zero-order valence-electron chi connectivity index (χ0n) is 20.0. The van der Waals surface area contributed by atoms with Crippen molar-refractivity contribution in [3.63, 3.8) is 0 Å². The van der Waals surface area contributed by atoms with Crippen molar-refractivity contribution in [1.82, 2.24) is 25.1 Å². The summed E-state index contributed by atoms with van der Waals surface area (Å²) in [6.45, 7) is 9.37. The molecule has 1 aromatic carbocycles. The number of aromatic nitrogens is 4. The van der Waals surface area contributed by atoms with Crippen LogP contribution in [-0.2, 0) is 11.8 Å². The minimum Gasteiger partial charge on any atom is -0.339 e. The number of likely N-dealkylation sites (tertiary alicyclic amines) is 1. The summed E-state index contributed by atoms with van der Waals surface area (Å²) in [5.41, 5.74) is 1.75. The Labute approximate surface area is 204 Å². The number of carbonyl (C=O) groups excluding carboxylic acids is 1. The highest BCUT2D eigenvalue weighted by Crippen LogP contribution is 2.27. The van der Waals surface area contributed by atoms with Crippen LogP contribution in [0.15, 0.2) is 30.3 Å². The van der Waals surface area contributed by atoms with Gasteiger partial charge in [-0.1, -0.05) is 38.4 Å². The van der Waals surface area contributed by atoms with E-state index in [2.05, 4.69) is 36.3 Å². The minimum absolute atomic E-state index is 0.0286. The molecule has 3 aromatic rings. The van der Waals surface area contributed by atoms with Crippen LogP contribution in [0.2, 0.25) is 5.02 Å². The van der Waals surface area contributed by atoms with Crippen LogP contribution in [0.4, 0.5) is 16.0 Å². The number of halogens is 2. The molecule has 0 radical (unpaired) electrons. The Morgan fingerprint density at radius 1 is 1.21 bits per heavy atom. The molecule has 1 aliphatic heterocycles. The number of hydrogen-bond acceptors (Lipinski definition) is 5. The quantitative estimate of drug-likeness (QED) is 0.503. The van der Waals surface area contributed by atoms with Gasteiger partial charge in [0.15, 0.2) is 11.6 Å². The van der Waals surface area contributed by atoms with Gasteiger partial charge in [-0.15, -0.1) is 0 Å². The molecule has 0 unspecified atom stereocenters. The summed E-state index contributed by atoms with van der Waals surface area (Å²) in [7, 11) is 0. The monoisotopic (exact) mass is 484 g/mol. The van der Waals surface area contributed by atoms with E-state index in [9.17, 15) is 9.18 Å². The Morgan fingerprint density at radius 3 is 2.59 bits per heavy atom. The molecular weight excluding hydrogens is 455 g/mol. The van der Waals surface area contributed by atoms with Gasteiger partial charge in [-0.25, -0.2) is 14.4 Å². The highest BCUT2D eigenvalue weighted by Gasteiger charge is 2.27. The fraction of sp³-hybridized carbons (Fsp3) is 0.440. The van der Waals surface area contributed by atoms with E-state index in [0.29, 0.717) is 30.6 Å². The fourth-order valence-electron chi connectivity index (χ4n) is 4.09. The SMILES string of the molecule is Cc1cc(Nc2cc(CC3CCN(C(=O)c4cccc(Cl)c4F)CC3)nc(C(C)(C)C)n2)n[nH]1. The largest absolute Gasteiger partial charge is 0.339 e. The molecule has 0 aliphatic carbocycles. The lowest BCUT2D eigenvalue weighted by molar-refractivity contribution is 0.0685. The van der Waals surface area contributed by atoms with Crippen molar-refractivity contribution < 1.29 is 9.18 Å². The van der Waals surface area contributed by atoms with Gasteiger partial charge >= 0.3 is 0 Å². The second kappa shape index (κ2) is 9.70. The molecule has 34 heavy (non-hydrogen) atoms. The van der Waals surface area contributed by atoms with E-state index in [4.69, 9.17) is 21.6 Å². The minimum atomic E-state index is -0.654. The Morgan fingerprint density at radius 2 is 1.94 bits per heavy atom. The molecule has 180 valence electrons. The van der Waals surface area contributed by atoms with Crippen molar-refractivity contribution in [3.05, 3.63) is 63.9 Å². The first kappa shape index (κ1) is 24.1. The van der Waals surface area contributed by atoms with Crippen LogP contribution in [0.5, 0.6) is 0 Å². The topological polar surface area (TPSA) is 86.8 Å². The van der Waals surface area contributed by atoms with Crippen LogP contribution in [-0.4, -0.2) is 44.1 Å². The summed E-state index contributed by atoms with van der Waals surface area (Å²) in [4.78, 5) is 24.1. The van der Waals surface area contributed by atoms with Crippen LogP contribution < -0.4 is 5.32 Å². The predicted molar refractivity (Wildman–Crippen MR) is 131 cm³/mol. The molecule has 2 N–H and O–H groups in total. The molecule has 1 amide bonds. The molecule has 1 aliphatic rings. The summed E-state index contributed by atoms with van der Waals surface area (Å²) in [6, 6.07) is 8.43. The van der Waals surface area contributed by atoms with Gasteiger partial charge in [0, 0.05) is 42.0 Å². The van der Waals surface area contributed by atoms with Crippen molar-refractivity contribution in [1.29, 1.82) is 0 Å². The Hall–Kier alpha value is -3.00. The van der Waals surface area contributed by atoms with Gasteiger partial charge in [0.2, 0.25) is 0 Å². The first-order valence-electron chi connectivity index (χ1n) is 11.5. The average Bonchev–Trinajstić information content (AvgIpc) is 3.19. The van der Waals surface area contributed by atoms with Gasteiger partial charge < -0.3 is 10.2 Å². The number of piperidine rings is 1. The molecule has 0 spiro atoms. The van der Waals surface area contributed by atoms with Crippen LogP contribution >= 0.6 is 11.6 Å². The second-order valence-corrected chi connectivity index (χ2v) is 10.3. The van der Waals surface area contributed by atoms with E-state index in [1.807, 2.05) is 19.1 Å². The molecule has 1 fully saturated rings. The van der Waals surface area contributed by atoms with Crippen molar-refractivity contribution in [2.75, 3.05) is 18.4 Å². The average molecular weight is 485 g/mol. The van der Waals surface area contributed by atoms with Crippen LogP contribution in [0.1, 0.15) is 61.2 Å². The van der Waals surface area contributed by atoms with Gasteiger partial charge in [-0.3, -0.25) is 9.89 Å². The third-order valence-electron chi connectivity index (χ3n) is 5.99. The Bertz CT molecular complexity index is 1180. The first-order valence-corrected chi connectivity index (χ1v) is 11.9. The number of rotatable bonds is 5. The van der Waals surface area contributed by atoms with E-state index in [1.165, 1.54) is 12.1 Å². The first-order chi connectivity index (χ1) is 16.1. The van der Waals surface area contributed by atoms with Gasteiger partial charge in [0.1, 0.15) is 11.6 Å². The lowest BCUT2D eigenvalue weighted by atomic mass is 9.91. The molecular formula is C25H30ClFN6O. The maximum Gasteiger partial charge on any atom is 0.256 e. The van der Waals surface area contributed by atoms with Crippen molar-refractivity contribution in [3.8, 4) is 0 Å². The number of hydrogen-bond donors (Lipinski definition) is 2. The highest BCUT2D eigenvalue weighted by atomic mass is 35.5. The summed E-state index contributed by atoms with van der Waals surface area (Å²) >= 11 is 5.85. The number of carbonyl (C=O) groups is 1. The molecule has 0 atom stereocenters. The van der Waals surface area contributed by atoms with E-state index in [-0.39, 0.29) is 21.9 Å². The van der Waals surface area contributed by atoms with E-state index in [1.54, 1.807) is 11.0 Å². The van der Waals surface area contributed by atoms with Crippen LogP contribution in [0.25, 0.3) is 0 Å². The number of anilines is 2. The maximum absolute atomic E-state index is 14.3. The van der Waals surface area contributed by atoms with E-state index < -0.39 is 5.82 Å². The zero-order valence-corrected chi connectivity index (χ0v) is 20.7. The van der Waals surface area contributed by atoms with Crippen molar-refractivity contribution in [2.24, 2.45) is 5.92 Å². The fourth-order valence-corrected chi connectivity index (χ4v) is 4.26. The number of benzene rings is 1. The molecule has 7 nitrogen and oxygen atoms in total. The summed E-state index contributed by atoms with van der Waals surface area (Å²) in [5.74, 6) is 1.60. The number of nitrogens with zero attached hydrogens (tertiary/aromatic N) is 4. The number of aromatic amines is 1. The second-order valence-electron chi connectivity index (χ2n) is 9.92. The van der Waals surface area contributed by atoms with E-state index >= 15 is 0 Å². The number of H-pyrrole nitrogens is 1. The zero-order chi connectivity index (χ0) is 24.5. The predicted octanol–water partition coefficient (Wildman–Crippen LogP) is 5.44. The normalized spacial score (nSPS) is 14.9. The van der Waals surface area contributed by atoms with Gasteiger partial charge in [0.05, 0.1) is 10.6 Å². The smallest absolute Gasteiger partial charge is 0.256 e. The van der Waals surface area contributed by atoms with Crippen molar-refractivity contribution >= 4 is 29.1 Å². The van der Waals surface area contributed by atoms with E-state index in [0.717, 1.165) is 36.5 Å². The molecule has 0 bridgehead atoms. The lowest BCUT2D eigenvalue weighted by Crippen LogP contribution is -2.39. The highest BCUT2D eigenvalue weighted by molar-refractivity contribution is 6.31. The summed E-state index contributed by atoms with van der Waals surface area (Å²) in [5, 5.41) is 10.4. The molecule has 4 rings (SSSR count).